The van der Waals surface area contributed by atoms with Crippen LogP contribution in [0.4, 0.5) is 10.5 Å². The molecule has 0 aromatic heterocycles. The van der Waals surface area contributed by atoms with E-state index >= 15 is 0 Å². The molecule has 0 radical (unpaired) electrons. The number of para-hydroxylation sites is 2. The van der Waals surface area contributed by atoms with Crippen molar-refractivity contribution in [1.82, 2.24) is 15.1 Å². The SMILES string of the molecule is CCOc1ccccc1N1CCN(CCCN2C(=O)N/C(=C/c3ccc(OC)c(OC)c3)C2=O)CC1.Cl. The van der Waals surface area contributed by atoms with Gasteiger partial charge in [-0.3, -0.25) is 14.6 Å². The Balaban J connectivity index is 0.00000380. The number of carbonyl (C=O) groups is 2. The highest BCUT2D eigenvalue weighted by atomic mass is 35.5. The van der Waals surface area contributed by atoms with Crippen molar-refractivity contribution in [2.24, 2.45) is 0 Å². The number of benzene rings is 2. The van der Waals surface area contributed by atoms with Crippen LogP contribution in [-0.4, -0.2) is 81.8 Å². The van der Waals surface area contributed by atoms with Crippen molar-refractivity contribution in [3.8, 4) is 17.2 Å². The first kappa shape index (κ1) is 28.1. The third kappa shape index (κ3) is 6.67. The monoisotopic (exact) mass is 530 g/mol. The molecular formula is C27H35ClN4O5. The largest absolute Gasteiger partial charge is 0.493 e. The van der Waals surface area contributed by atoms with Gasteiger partial charge in [0.25, 0.3) is 5.91 Å². The number of rotatable bonds is 10. The molecule has 2 aliphatic rings. The molecule has 4 rings (SSSR count). The van der Waals surface area contributed by atoms with Crippen LogP contribution >= 0.6 is 12.4 Å². The van der Waals surface area contributed by atoms with Crippen LogP contribution in [0.1, 0.15) is 18.9 Å². The lowest BCUT2D eigenvalue weighted by Crippen LogP contribution is -2.47. The van der Waals surface area contributed by atoms with Gasteiger partial charge in [0.05, 0.1) is 26.5 Å². The highest BCUT2D eigenvalue weighted by Crippen LogP contribution is 2.30. The summed E-state index contributed by atoms with van der Waals surface area (Å²) in [5.74, 6) is 1.76. The number of carbonyl (C=O) groups excluding carboxylic acids is 2. The van der Waals surface area contributed by atoms with Crippen molar-refractivity contribution in [2.45, 2.75) is 13.3 Å². The lowest BCUT2D eigenvalue weighted by Gasteiger charge is -2.36. The Hall–Kier alpha value is -3.43. The summed E-state index contributed by atoms with van der Waals surface area (Å²) in [6, 6.07) is 13.1. The second kappa shape index (κ2) is 13.2. The van der Waals surface area contributed by atoms with E-state index in [1.54, 1.807) is 32.4 Å². The minimum Gasteiger partial charge on any atom is -0.493 e. The number of amides is 3. The molecule has 0 bridgehead atoms. The molecule has 2 aliphatic heterocycles. The molecule has 0 unspecified atom stereocenters. The first-order valence-corrected chi connectivity index (χ1v) is 12.3. The lowest BCUT2D eigenvalue weighted by atomic mass is 10.1. The fraction of sp³-hybridized carbons (Fsp3) is 0.407. The fourth-order valence-corrected chi connectivity index (χ4v) is 4.54. The van der Waals surface area contributed by atoms with Gasteiger partial charge in [0.2, 0.25) is 0 Å². The first-order valence-electron chi connectivity index (χ1n) is 12.3. The first-order chi connectivity index (χ1) is 17.5. The van der Waals surface area contributed by atoms with E-state index in [1.807, 2.05) is 31.2 Å². The van der Waals surface area contributed by atoms with Gasteiger partial charge < -0.3 is 24.4 Å². The predicted molar refractivity (Wildman–Crippen MR) is 146 cm³/mol. The van der Waals surface area contributed by atoms with Crippen LogP contribution in [0.15, 0.2) is 48.2 Å². The van der Waals surface area contributed by atoms with Crippen molar-refractivity contribution in [3.05, 3.63) is 53.7 Å². The summed E-state index contributed by atoms with van der Waals surface area (Å²) in [6.45, 7) is 7.50. The van der Waals surface area contributed by atoms with E-state index in [-0.39, 0.29) is 30.0 Å². The molecule has 2 fully saturated rings. The number of urea groups is 1. The van der Waals surface area contributed by atoms with Gasteiger partial charge in [0.1, 0.15) is 11.4 Å². The van der Waals surface area contributed by atoms with E-state index in [2.05, 4.69) is 21.2 Å². The van der Waals surface area contributed by atoms with Crippen LogP contribution in [0.25, 0.3) is 6.08 Å². The number of nitrogens with one attached hydrogen (secondary N) is 1. The van der Waals surface area contributed by atoms with Gasteiger partial charge in [0.15, 0.2) is 11.5 Å². The molecule has 2 saturated heterocycles. The highest BCUT2D eigenvalue weighted by Gasteiger charge is 2.33. The van der Waals surface area contributed by atoms with Gasteiger partial charge in [-0.1, -0.05) is 18.2 Å². The zero-order chi connectivity index (χ0) is 25.5. The molecule has 2 aromatic rings. The number of halogens is 1. The molecule has 10 heteroatoms. The van der Waals surface area contributed by atoms with Crippen LogP contribution in [0.5, 0.6) is 17.2 Å². The van der Waals surface area contributed by atoms with Gasteiger partial charge in [-0.05, 0) is 55.8 Å². The lowest BCUT2D eigenvalue weighted by molar-refractivity contribution is -0.122. The summed E-state index contributed by atoms with van der Waals surface area (Å²) in [7, 11) is 3.12. The van der Waals surface area contributed by atoms with Crippen LogP contribution in [0, 0.1) is 0 Å². The van der Waals surface area contributed by atoms with Crippen molar-refractivity contribution >= 4 is 36.1 Å². The van der Waals surface area contributed by atoms with Crippen LogP contribution in [0.3, 0.4) is 0 Å². The zero-order valence-corrected chi connectivity index (χ0v) is 22.4. The summed E-state index contributed by atoms with van der Waals surface area (Å²) in [5.41, 5.74) is 2.13. The Morgan fingerprint density at radius 3 is 2.35 bits per heavy atom. The average molecular weight is 531 g/mol. The second-order valence-corrected chi connectivity index (χ2v) is 8.64. The Kier molecular flexibility index (Phi) is 10.0. The molecule has 3 amide bonds. The maximum atomic E-state index is 12.9. The maximum absolute atomic E-state index is 12.9. The van der Waals surface area contributed by atoms with Gasteiger partial charge in [0, 0.05) is 32.7 Å². The third-order valence-corrected chi connectivity index (χ3v) is 6.42. The van der Waals surface area contributed by atoms with Crippen LogP contribution < -0.4 is 24.4 Å². The number of methoxy groups -OCH3 is 2. The number of hydrogen-bond donors (Lipinski definition) is 1. The van der Waals surface area contributed by atoms with Gasteiger partial charge in [-0.2, -0.15) is 0 Å². The number of ether oxygens (including phenoxy) is 3. The molecule has 0 saturated carbocycles. The summed E-state index contributed by atoms with van der Waals surface area (Å²) in [5, 5.41) is 2.69. The summed E-state index contributed by atoms with van der Waals surface area (Å²) in [4.78, 5) is 31.3. The van der Waals surface area contributed by atoms with E-state index in [1.165, 1.54) is 4.90 Å². The highest BCUT2D eigenvalue weighted by molar-refractivity contribution is 6.14. The maximum Gasteiger partial charge on any atom is 0.329 e. The fourth-order valence-electron chi connectivity index (χ4n) is 4.54. The number of piperazine rings is 1. The normalized spacial score (nSPS) is 17.0. The topological polar surface area (TPSA) is 83.6 Å². The molecule has 0 atom stereocenters. The van der Waals surface area contributed by atoms with E-state index in [4.69, 9.17) is 14.2 Å². The molecule has 200 valence electrons. The molecule has 9 nitrogen and oxygen atoms in total. The van der Waals surface area contributed by atoms with Crippen molar-refractivity contribution in [3.63, 3.8) is 0 Å². The minimum atomic E-state index is -0.385. The number of nitrogens with zero attached hydrogens (tertiary/aromatic N) is 3. The molecule has 1 N–H and O–H groups in total. The van der Waals surface area contributed by atoms with E-state index in [9.17, 15) is 9.59 Å². The quantitative estimate of drug-likeness (QED) is 0.371. The summed E-state index contributed by atoms with van der Waals surface area (Å²) >= 11 is 0. The Morgan fingerprint density at radius 1 is 0.919 bits per heavy atom. The van der Waals surface area contributed by atoms with Crippen LogP contribution in [0.2, 0.25) is 0 Å². The smallest absolute Gasteiger partial charge is 0.329 e. The molecule has 2 heterocycles. The summed E-state index contributed by atoms with van der Waals surface area (Å²) < 4.78 is 16.4. The van der Waals surface area contributed by atoms with Crippen molar-refractivity contribution in [2.75, 3.05) is 65.0 Å². The molecular weight excluding hydrogens is 496 g/mol. The average Bonchev–Trinajstić information content (AvgIpc) is 3.17. The standard InChI is InChI=1S/C27H34N4O5.ClH/c1-4-36-23-9-6-5-8-22(23)30-16-14-29(15-17-30)12-7-13-31-26(32)21(28-27(31)33)18-20-10-11-24(34-2)25(19-20)35-3;/h5-6,8-11,18-19H,4,7,12-17H2,1-3H3,(H,28,33);1H/b21-18+;. The third-order valence-electron chi connectivity index (χ3n) is 6.42. The molecule has 37 heavy (non-hydrogen) atoms. The van der Waals surface area contributed by atoms with Crippen molar-refractivity contribution in [1.29, 1.82) is 0 Å². The van der Waals surface area contributed by atoms with E-state index in [0.717, 1.165) is 56.1 Å². The number of hydrogen-bond acceptors (Lipinski definition) is 7. The predicted octanol–water partition coefficient (Wildman–Crippen LogP) is 3.63. The number of anilines is 1. The second-order valence-electron chi connectivity index (χ2n) is 8.64. The van der Waals surface area contributed by atoms with Crippen molar-refractivity contribution < 1.29 is 23.8 Å². The Bertz CT molecular complexity index is 1120. The van der Waals surface area contributed by atoms with Crippen LogP contribution in [-0.2, 0) is 4.79 Å². The van der Waals surface area contributed by atoms with Gasteiger partial charge >= 0.3 is 6.03 Å². The van der Waals surface area contributed by atoms with Gasteiger partial charge in [-0.15, -0.1) is 12.4 Å². The zero-order valence-electron chi connectivity index (χ0n) is 21.6. The summed E-state index contributed by atoms with van der Waals surface area (Å²) in [6.07, 6.45) is 2.37. The Morgan fingerprint density at radius 2 is 1.65 bits per heavy atom. The van der Waals surface area contributed by atoms with E-state index < -0.39 is 0 Å². The number of imide groups is 1. The molecule has 0 aliphatic carbocycles. The molecule has 0 spiro atoms. The Labute approximate surface area is 224 Å². The van der Waals surface area contributed by atoms with E-state index in [0.29, 0.717) is 24.7 Å². The molecule has 2 aromatic carbocycles. The minimum absolute atomic E-state index is 0. The van der Waals surface area contributed by atoms with Gasteiger partial charge in [-0.25, -0.2) is 4.79 Å².